The zero-order chi connectivity index (χ0) is 15.2. The molecule has 0 heterocycles. The zero-order valence-corrected chi connectivity index (χ0v) is 9.46. The Hall–Kier alpha value is -2.64. The first-order chi connectivity index (χ1) is 9.27. The van der Waals surface area contributed by atoms with Crippen molar-refractivity contribution in [2.24, 2.45) is 0 Å². The molecule has 2 aromatic rings. The topological polar surface area (TPSA) is 80.9 Å². The van der Waals surface area contributed by atoms with Gasteiger partial charge in [0.25, 0.3) is 0 Å². The second kappa shape index (κ2) is 4.48. The highest BCUT2D eigenvalue weighted by Gasteiger charge is 2.30. The highest BCUT2D eigenvalue weighted by atomic mass is 19.2. The molecule has 0 saturated carbocycles. The number of rotatable bonds is 1. The van der Waals surface area contributed by atoms with E-state index < -0.39 is 57.4 Å². The van der Waals surface area contributed by atoms with E-state index in [-0.39, 0.29) is 0 Å². The molecule has 0 radical (unpaired) electrons. The van der Waals surface area contributed by atoms with Crippen molar-refractivity contribution in [3.8, 4) is 34.1 Å². The molecule has 0 unspecified atom stereocenters. The van der Waals surface area contributed by atoms with Gasteiger partial charge >= 0.3 is 0 Å². The normalized spacial score (nSPS) is 10.8. The molecule has 0 aliphatic rings. The second-order valence-electron chi connectivity index (χ2n) is 3.81. The summed E-state index contributed by atoms with van der Waals surface area (Å²) in [5.41, 5.74) is -2.50. The molecule has 106 valence electrons. The molecule has 20 heavy (non-hydrogen) atoms. The number of halogens is 4. The Bertz CT molecular complexity index is 686. The van der Waals surface area contributed by atoms with Crippen LogP contribution in [0.3, 0.4) is 0 Å². The molecule has 0 saturated heterocycles. The lowest BCUT2D eigenvalue weighted by atomic mass is 10.0. The van der Waals surface area contributed by atoms with Crippen LogP contribution in [0.4, 0.5) is 17.6 Å². The number of hydrogen-bond donors (Lipinski definition) is 4. The Morgan fingerprint density at radius 2 is 1.00 bits per heavy atom. The van der Waals surface area contributed by atoms with E-state index in [2.05, 4.69) is 0 Å². The molecule has 0 spiro atoms. The van der Waals surface area contributed by atoms with E-state index in [1.54, 1.807) is 0 Å². The fourth-order valence-electron chi connectivity index (χ4n) is 1.66. The molecular weight excluding hydrogens is 284 g/mol. The number of aromatic hydroxyl groups is 4. The van der Waals surface area contributed by atoms with Crippen LogP contribution >= 0.6 is 0 Å². The fourth-order valence-corrected chi connectivity index (χ4v) is 1.66. The van der Waals surface area contributed by atoms with Gasteiger partial charge in [-0.25, -0.2) is 8.78 Å². The molecule has 8 heteroatoms. The number of hydrogen-bond acceptors (Lipinski definition) is 4. The van der Waals surface area contributed by atoms with Gasteiger partial charge in [-0.15, -0.1) is 0 Å². The van der Waals surface area contributed by atoms with E-state index in [0.29, 0.717) is 0 Å². The minimum Gasteiger partial charge on any atom is -0.507 e. The van der Waals surface area contributed by atoms with Crippen LogP contribution in [0, 0.1) is 23.3 Å². The van der Waals surface area contributed by atoms with Gasteiger partial charge in [0.05, 0.1) is 11.1 Å². The Morgan fingerprint density at radius 1 is 0.550 bits per heavy atom. The van der Waals surface area contributed by atoms with Crippen LogP contribution in [-0.4, -0.2) is 20.4 Å². The summed E-state index contributed by atoms with van der Waals surface area (Å²) in [5.74, 6) is -13.1. The molecule has 2 rings (SSSR count). The number of phenolic OH excluding ortho intramolecular Hbond substituents is 4. The second-order valence-corrected chi connectivity index (χ2v) is 3.81. The van der Waals surface area contributed by atoms with Crippen LogP contribution < -0.4 is 0 Å². The molecule has 0 fully saturated rings. The predicted molar refractivity (Wildman–Crippen MR) is 58.4 cm³/mol. The summed E-state index contributed by atoms with van der Waals surface area (Å²) in [6.07, 6.45) is 0. The van der Waals surface area contributed by atoms with Crippen LogP contribution in [0.5, 0.6) is 23.0 Å². The summed E-state index contributed by atoms with van der Waals surface area (Å²) in [6, 6.07) is 1.56. The summed E-state index contributed by atoms with van der Waals surface area (Å²) in [6.45, 7) is 0. The van der Waals surface area contributed by atoms with Gasteiger partial charge in [0, 0.05) is 0 Å². The monoisotopic (exact) mass is 290 g/mol. The van der Waals surface area contributed by atoms with Gasteiger partial charge in [-0.05, 0) is 12.1 Å². The standard InChI is InChI=1S/C12H6F4O4/c13-7-6(8(14)10(16)12(20)9(7)15)5-3(17)1-2-4(18)11(5)19/h1-2,17-20H. The van der Waals surface area contributed by atoms with E-state index >= 15 is 0 Å². The van der Waals surface area contributed by atoms with E-state index in [1.807, 2.05) is 0 Å². The summed E-state index contributed by atoms with van der Waals surface area (Å²) < 4.78 is 53.7. The Kier molecular flexibility index (Phi) is 3.09. The SMILES string of the molecule is Oc1ccc(O)c(-c2c(F)c(F)c(O)c(F)c2F)c1O. The van der Waals surface area contributed by atoms with Gasteiger partial charge in [0.2, 0.25) is 11.6 Å². The smallest absolute Gasteiger partial charge is 0.204 e. The summed E-state index contributed by atoms with van der Waals surface area (Å²) in [5, 5.41) is 37.0. The predicted octanol–water partition coefficient (Wildman–Crippen LogP) is 2.73. The quantitative estimate of drug-likeness (QED) is 0.282. The van der Waals surface area contributed by atoms with Crippen LogP contribution in [0.15, 0.2) is 12.1 Å². The van der Waals surface area contributed by atoms with Crippen molar-refractivity contribution in [1.29, 1.82) is 0 Å². The van der Waals surface area contributed by atoms with Gasteiger partial charge < -0.3 is 20.4 Å². The third kappa shape index (κ3) is 1.77. The lowest BCUT2D eigenvalue weighted by molar-refractivity contribution is 0.357. The van der Waals surface area contributed by atoms with Crippen molar-refractivity contribution in [3.63, 3.8) is 0 Å². The number of phenols is 4. The van der Waals surface area contributed by atoms with E-state index in [0.717, 1.165) is 12.1 Å². The average molecular weight is 290 g/mol. The Labute approximate surface area is 108 Å². The first kappa shape index (κ1) is 13.8. The first-order valence-electron chi connectivity index (χ1n) is 5.06. The molecular formula is C12H6F4O4. The molecule has 0 amide bonds. The van der Waals surface area contributed by atoms with Crippen molar-refractivity contribution in [1.82, 2.24) is 0 Å². The lowest BCUT2D eigenvalue weighted by Crippen LogP contribution is -2.00. The summed E-state index contributed by atoms with van der Waals surface area (Å²) in [7, 11) is 0. The van der Waals surface area contributed by atoms with Crippen LogP contribution in [0.2, 0.25) is 0 Å². The maximum Gasteiger partial charge on any atom is 0.204 e. The van der Waals surface area contributed by atoms with Crippen molar-refractivity contribution < 1.29 is 38.0 Å². The van der Waals surface area contributed by atoms with Gasteiger partial charge in [-0.1, -0.05) is 0 Å². The largest absolute Gasteiger partial charge is 0.507 e. The van der Waals surface area contributed by atoms with Crippen LogP contribution in [0.1, 0.15) is 0 Å². The van der Waals surface area contributed by atoms with Crippen LogP contribution in [0.25, 0.3) is 11.1 Å². The first-order valence-corrected chi connectivity index (χ1v) is 5.06. The van der Waals surface area contributed by atoms with E-state index in [9.17, 15) is 32.9 Å². The highest BCUT2D eigenvalue weighted by Crippen LogP contribution is 2.46. The molecule has 0 atom stereocenters. The fraction of sp³-hybridized carbons (Fsp3) is 0. The minimum atomic E-state index is -2.10. The third-order valence-electron chi connectivity index (χ3n) is 2.62. The van der Waals surface area contributed by atoms with E-state index in [4.69, 9.17) is 5.11 Å². The minimum absolute atomic E-state index is 0.756. The summed E-state index contributed by atoms with van der Waals surface area (Å²) in [4.78, 5) is 0. The Morgan fingerprint density at radius 3 is 1.50 bits per heavy atom. The molecule has 4 nitrogen and oxygen atoms in total. The molecule has 2 aromatic carbocycles. The van der Waals surface area contributed by atoms with Crippen molar-refractivity contribution in [2.45, 2.75) is 0 Å². The molecule has 0 aliphatic heterocycles. The zero-order valence-electron chi connectivity index (χ0n) is 9.46. The molecule has 0 aliphatic carbocycles. The van der Waals surface area contributed by atoms with Gasteiger partial charge in [-0.2, -0.15) is 8.78 Å². The lowest BCUT2D eigenvalue weighted by Gasteiger charge is -2.12. The number of benzene rings is 2. The molecule has 0 bridgehead atoms. The van der Waals surface area contributed by atoms with Crippen molar-refractivity contribution in [3.05, 3.63) is 35.4 Å². The van der Waals surface area contributed by atoms with E-state index in [1.165, 1.54) is 0 Å². The highest BCUT2D eigenvalue weighted by molar-refractivity contribution is 5.80. The maximum atomic E-state index is 13.6. The van der Waals surface area contributed by atoms with Crippen molar-refractivity contribution >= 4 is 0 Å². The van der Waals surface area contributed by atoms with Crippen LogP contribution in [-0.2, 0) is 0 Å². The third-order valence-corrected chi connectivity index (χ3v) is 2.62. The maximum absolute atomic E-state index is 13.6. The Balaban J connectivity index is 2.95. The molecule has 4 N–H and O–H groups in total. The van der Waals surface area contributed by atoms with Crippen molar-refractivity contribution in [2.75, 3.05) is 0 Å². The summed E-state index contributed by atoms with van der Waals surface area (Å²) >= 11 is 0. The van der Waals surface area contributed by atoms with Gasteiger partial charge in [0.1, 0.15) is 5.75 Å². The van der Waals surface area contributed by atoms with Gasteiger partial charge in [-0.3, -0.25) is 0 Å². The molecule has 0 aromatic heterocycles. The van der Waals surface area contributed by atoms with Gasteiger partial charge in [0.15, 0.2) is 28.9 Å². The average Bonchev–Trinajstić information content (AvgIpc) is 2.42.